The first-order chi connectivity index (χ1) is 9.15. The molecule has 0 radical (unpaired) electrons. The second-order valence-corrected chi connectivity index (χ2v) is 8.15. The van der Waals surface area contributed by atoms with E-state index in [9.17, 15) is 8.42 Å². The third kappa shape index (κ3) is 2.69. The van der Waals surface area contributed by atoms with Crippen molar-refractivity contribution in [1.82, 2.24) is 4.72 Å². The van der Waals surface area contributed by atoms with Crippen LogP contribution < -0.4 is 10.5 Å². The zero-order valence-electron chi connectivity index (χ0n) is 12.7. The molecule has 3 N–H and O–H groups in total. The third-order valence-electron chi connectivity index (χ3n) is 4.43. The van der Waals surface area contributed by atoms with Crippen molar-refractivity contribution in [2.75, 3.05) is 5.73 Å². The van der Waals surface area contributed by atoms with Gasteiger partial charge in [0.15, 0.2) is 0 Å². The van der Waals surface area contributed by atoms with E-state index in [1.807, 2.05) is 13.0 Å². The first-order valence-electron chi connectivity index (χ1n) is 7.03. The van der Waals surface area contributed by atoms with Gasteiger partial charge in [0, 0.05) is 6.04 Å². The van der Waals surface area contributed by atoms with Crippen LogP contribution in [0.25, 0.3) is 0 Å². The fourth-order valence-corrected chi connectivity index (χ4v) is 4.83. The van der Waals surface area contributed by atoms with E-state index in [4.69, 9.17) is 5.73 Å². The summed E-state index contributed by atoms with van der Waals surface area (Å²) in [5.74, 6) is 0. The van der Waals surface area contributed by atoms with Crippen LogP contribution in [0, 0.1) is 19.3 Å². The molecule has 112 valence electrons. The second-order valence-electron chi connectivity index (χ2n) is 6.50. The lowest BCUT2D eigenvalue weighted by Gasteiger charge is -2.28. The largest absolute Gasteiger partial charge is 0.397 e. The number of rotatable bonds is 3. The average molecular weight is 296 g/mol. The van der Waals surface area contributed by atoms with E-state index < -0.39 is 10.0 Å². The van der Waals surface area contributed by atoms with Gasteiger partial charge in [0.2, 0.25) is 10.0 Å². The van der Waals surface area contributed by atoms with Gasteiger partial charge in [0.05, 0.1) is 5.69 Å². The monoisotopic (exact) mass is 296 g/mol. The normalized spacial score (nSPS) is 22.1. The Kier molecular flexibility index (Phi) is 3.86. The molecule has 1 unspecified atom stereocenters. The van der Waals surface area contributed by atoms with E-state index in [1.165, 1.54) is 0 Å². The highest BCUT2D eigenvalue weighted by atomic mass is 32.2. The van der Waals surface area contributed by atoms with Gasteiger partial charge in [-0.15, -0.1) is 0 Å². The molecule has 0 spiro atoms. The smallest absolute Gasteiger partial charge is 0.243 e. The molecule has 1 atom stereocenters. The molecule has 2 rings (SSSR count). The van der Waals surface area contributed by atoms with Crippen LogP contribution >= 0.6 is 0 Å². The first-order valence-corrected chi connectivity index (χ1v) is 8.51. The van der Waals surface area contributed by atoms with Gasteiger partial charge in [0.1, 0.15) is 4.90 Å². The van der Waals surface area contributed by atoms with Crippen molar-refractivity contribution in [3.63, 3.8) is 0 Å². The molecule has 0 aliphatic heterocycles. The van der Waals surface area contributed by atoms with Gasteiger partial charge in [-0.05, 0) is 43.2 Å². The van der Waals surface area contributed by atoms with Crippen molar-refractivity contribution >= 4 is 15.7 Å². The van der Waals surface area contributed by atoms with E-state index in [0.29, 0.717) is 11.3 Å². The van der Waals surface area contributed by atoms with Gasteiger partial charge in [-0.25, -0.2) is 13.1 Å². The third-order valence-corrected chi connectivity index (χ3v) is 6.11. The molecule has 0 saturated heterocycles. The number of nitrogen functional groups attached to an aromatic ring is 1. The van der Waals surface area contributed by atoms with Crippen LogP contribution in [-0.4, -0.2) is 14.5 Å². The number of benzene rings is 1. The summed E-state index contributed by atoms with van der Waals surface area (Å²) in [5.41, 5.74) is 7.83. The summed E-state index contributed by atoms with van der Waals surface area (Å²) >= 11 is 0. The summed E-state index contributed by atoms with van der Waals surface area (Å²) in [6, 6.07) is 3.63. The summed E-state index contributed by atoms with van der Waals surface area (Å²) in [4.78, 5) is 0.236. The Labute approximate surface area is 121 Å². The van der Waals surface area contributed by atoms with Crippen LogP contribution in [0.5, 0.6) is 0 Å². The van der Waals surface area contributed by atoms with E-state index in [0.717, 1.165) is 24.8 Å². The summed E-state index contributed by atoms with van der Waals surface area (Å²) in [7, 11) is -3.57. The summed E-state index contributed by atoms with van der Waals surface area (Å²) < 4.78 is 28.2. The van der Waals surface area contributed by atoms with Gasteiger partial charge in [0.25, 0.3) is 0 Å². The average Bonchev–Trinajstić information content (AvgIpc) is 2.63. The fourth-order valence-electron chi connectivity index (χ4n) is 2.96. The molecule has 4 nitrogen and oxygen atoms in total. The van der Waals surface area contributed by atoms with Gasteiger partial charge in [-0.3, -0.25) is 0 Å². The zero-order valence-corrected chi connectivity index (χ0v) is 13.5. The van der Waals surface area contributed by atoms with Gasteiger partial charge >= 0.3 is 0 Å². The molecule has 1 fully saturated rings. The predicted molar refractivity (Wildman–Crippen MR) is 82.1 cm³/mol. The fraction of sp³-hybridized carbons (Fsp3) is 0.600. The Balaban J connectivity index is 2.39. The van der Waals surface area contributed by atoms with Gasteiger partial charge in [-0.2, -0.15) is 0 Å². The molecule has 0 heterocycles. The molecule has 0 bridgehead atoms. The maximum absolute atomic E-state index is 12.7. The van der Waals surface area contributed by atoms with E-state index >= 15 is 0 Å². The van der Waals surface area contributed by atoms with Crippen LogP contribution in [0.1, 0.15) is 44.2 Å². The minimum Gasteiger partial charge on any atom is -0.397 e. The van der Waals surface area contributed by atoms with Crippen molar-refractivity contribution < 1.29 is 8.42 Å². The van der Waals surface area contributed by atoms with Crippen molar-refractivity contribution in [1.29, 1.82) is 0 Å². The number of sulfonamides is 1. The number of aryl methyl sites for hydroxylation is 2. The van der Waals surface area contributed by atoms with E-state index in [1.54, 1.807) is 13.0 Å². The van der Waals surface area contributed by atoms with Gasteiger partial charge in [-0.1, -0.05) is 32.4 Å². The number of anilines is 1. The molecule has 1 aromatic carbocycles. The van der Waals surface area contributed by atoms with Crippen LogP contribution in [0.2, 0.25) is 0 Å². The molecule has 1 aliphatic rings. The maximum Gasteiger partial charge on any atom is 0.243 e. The van der Waals surface area contributed by atoms with Crippen molar-refractivity contribution in [3.05, 3.63) is 23.3 Å². The summed E-state index contributed by atoms with van der Waals surface area (Å²) in [6.45, 7) is 7.83. The number of hydrogen-bond acceptors (Lipinski definition) is 3. The van der Waals surface area contributed by atoms with Crippen LogP contribution in [0.4, 0.5) is 5.69 Å². The highest BCUT2D eigenvalue weighted by Gasteiger charge is 2.38. The zero-order chi connectivity index (χ0) is 15.1. The topological polar surface area (TPSA) is 72.2 Å². The molecular weight excluding hydrogens is 272 g/mol. The van der Waals surface area contributed by atoms with Crippen LogP contribution in [0.15, 0.2) is 17.0 Å². The molecule has 1 saturated carbocycles. The Morgan fingerprint density at radius 2 is 1.85 bits per heavy atom. The molecule has 1 aromatic rings. The lowest BCUT2D eigenvalue weighted by molar-refractivity contribution is 0.313. The van der Waals surface area contributed by atoms with E-state index in [2.05, 4.69) is 18.6 Å². The summed E-state index contributed by atoms with van der Waals surface area (Å²) in [6.07, 6.45) is 2.99. The molecule has 1 aliphatic carbocycles. The Bertz CT molecular complexity index is 621. The molecule has 0 amide bonds. The van der Waals surface area contributed by atoms with Crippen LogP contribution in [-0.2, 0) is 10.0 Å². The molecule has 0 aromatic heterocycles. The maximum atomic E-state index is 12.7. The standard InChI is InChI=1S/C15H24N2O2S/c1-10-7-8-11(2)14(13(10)16)20(18,19)17-12-6-5-9-15(12,3)4/h7-8,12,17H,5-6,9,16H2,1-4H3. The Morgan fingerprint density at radius 3 is 2.40 bits per heavy atom. The van der Waals surface area contributed by atoms with Gasteiger partial charge < -0.3 is 5.73 Å². The minimum absolute atomic E-state index is 0.000435. The van der Waals surface area contributed by atoms with Crippen molar-refractivity contribution in [2.24, 2.45) is 5.41 Å². The molecule has 20 heavy (non-hydrogen) atoms. The number of nitrogens with one attached hydrogen (secondary N) is 1. The highest BCUT2D eigenvalue weighted by Crippen LogP contribution is 2.38. The molecular formula is C15H24N2O2S. The lowest BCUT2D eigenvalue weighted by Crippen LogP contribution is -2.41. The highest BCUT2D eigenvalue weighted by molar-refractivity contribution is 7.89. The second kappa shape index (κ2) is 5.04. The minimum atomic E-state index is -3.57. The van der Waals surface area contributed by atoms with Crippen LogP contribution in [0.3, 0.4) is 0 Å². The van der Waals surface area contributed by atoms with Crippen molar-refractivity contribution in [3.8, 4) is 0 Å². The van der Waals surface area contributed by atoms with Crippen molar-refractivity contribution in [2.45, 2.75) is 57.9 Å². The quantitative estimate of drug-likeness (QED) is 0.842. The predicted octanol–water partition coefficient (Wildman–Crippen LogP) is 2.74. The number of nitrogens with two attached hydrogens (primary N) is 1. The lowest BCUT2D eigenvalue weighted by atomic mass is 9.88. The Morgan fingerprint density at radius 1 is 1.25 bits per heavy atom. The first kappa shape index (κ1) is 15.3. The SMILES string of the molecule is Cc1ccc(C)c(S(=O)(=O)NC2CCCC2(C)C)c1N. The summed E-state index contributed by atoms with van der Waals surface area (Å²) in [5, 5.41) is 0. The Hall–Kier alpha value is -1.07. The van der Waals surface area contributed by atoms with E-state index in [-0.39, 0.29) is 16.4 Å². The number of hydrogen-bond donors (Lipinski definition) is 2. The molecule has 5 heteroatoms.